The van der Waals surface area contributed by atoms with Gasteiger partial charge in [0.25, 0.3) is 5.91 Å². The number of nitrogens with two attached hydrogens (primary N) is 1. The molecule has 0 aliphatic carbocycles. The van der Waals surface area contributed by atoms with Crippen molar-refractivity contribution >= 4 is 34.5 Å². The van der Waals surface area contributed by atoms with Gasteiger partial charge in [0.05, 0.1) is 6.04 Å². The van der Waals surface area contributed by atoms with Gasteiger partial charge in [-0.2, -0.15) is 0 Å². The number of amides is 2. The van der Waals surface area contributed by atoms with E-state index < -0.39 is 0 Å². The van der Waals surface area contributed by atoms with Crippen LogP contribution in [-0.2, 0) is 4.79 Å². The lowest BCUT2D eigenvalue weighted by Crippen LogP contribution is -2.14. The molecule has 1 atom stereocenters. The maximum atomic E-state index is 12.1. The molecular weight excluding hydrogens is 288 g/mol. The predicted molar refractivity (Wildman–Crippen MR) is 83.4 cm³/mol. The van der Waals surface area contributed by atoms with Crippen LogP contribution in [0.1, 0.15) is 35.4 Å². The summed E-state index contributed by atoms with van der Waals surface area (Å²) in [5, 5.41) is 7.78. The standard InChI is InChI=1S/C14H16N4O2S/c1-8(15)14-18-12(7-21-14)13(20)17-11-5-3-4-10(6-11)16-9(2)19/h3-8H,15H2,1-2H3,(H,16,19)(H,17,20). The molecule has 2 aromatic rings. The molecule has 2 amide bonds. The molecule has 0 bridgehead atoms. The number of nitrogens with zero attached hydrogens (tertiary/aromatic N) is 1. The van der Waals surface area contributed by atoms with E-state index in [2.05, 4.69) is 15.6 Å². The number of nitrogens with one attached hydrogen (secondary N) is 2. The maximum absolute atomic E-state index is 12.1. The van der Waals surface area contributed by atoms with Crippen LogP contribution in [0, 0.1) is 0 Å². The van der Waals surface area contributed by atoms with Crippen LogP contribution < -0.4 is 16.4 Å². The fraction of sp³-hybridized carbons (Fsp3) is 0.214. The first-order chi connectivity index (χ1) is 9.95. The van der Waals surface area contributed by atoms with Gasteiger partial charge < -0.3 is 16.4 Å². The Hall–Kier alpha value is -2.25. The van der Waals surface area contributed by atoms with Gasteiger partial charge in [-0.1, -0.05) is 6.07 Å². The van der Waals surface area contributed by atoms with Crippen LogP contribution >= 0.6 is 11.3 Å². The molecule has 4 N–H and O–H groups in total. The zero-order chi connectivity index (χ0) is 15.4. The Morgan fingerprint density at radius 1 is 1.29 bits per heavy atom. The molecule has 0 saturated carbocycles. The molecule has 0 aliphatic rings. The molecule has 0 radical (unpaired) electrons. The smallest absolute Gasteiger partial charge is 0.275 e. The Kier molecular flexibility index (Phi) is 4.66. The summed E-state index contributed by atoms with van der Waals surface area (Å²) in [5.74, 6) is -0.474. The molecule has 2 rings (SSSR count). The molecule has 110 valence electrons. The SMILES string of the molecule is CC(=O)Nc1cccc(NC(=O)c2csc(C(C)N)n2)c1. The van der Waals surface area contributed by atoms with E-state index in [4.69, 9.17) is 5.73 Å². The van der Waals surface area contributed by atoms with E-state index in [1.54, 1.807) is 29.6 Å². The quantitative estimate of drug-likeness (QED) is 0.807. The lowest BCUT2D eigenvalue weighted by Gasteiger charge is -2.06. The molecule has 7 heteroatoms. The van der Waals surface area contributed by atoms with E-state index in [1.165, 1.54) is 18.3 Å². The Balaban J connectivity index is 2.09. The lowest BCUT2D eigenvalue weighted by atomic mass is 10.2. The second kappa shape index (κ2) is 6.47. The topological polar surface area (TPSA) is 97.1 Å². The Morgan fingerprint density at radius 3 is 2.52 bits per heavy atom. The molecule has 0 fully saturated rings. The Labute approximate surface area is 126 Å². The lowest BCUT2D eigenvalue weighted by molar-refractivity contribution is -0.114. The Bertz CT molecular complexity index is 666. The van der Waals surface area contributed by atoms with Gasteiger partial charge in [-0.05, 0) is 25.1 Å². The third-order valence-electron chi connectivity index (χ3n) is 2.58. The molecular formula is C14H16N4O2S. The van der Waals surface area contributed by atoms with Crippen molar-refractivity contribution < 1.29 is 9.59 Å². The average molecular weight is 304 g/mol. The summed E-state index contributed by atoms with van der Waals surface area (Å²) < 4.78 is 0. The van der Waals surface area contributed by atoms with Crippen LogP contribution in [0.25, 0.3) is 0 Å². The van der Waals surface area contributed by atoms with Crippen LogP contribution in [0.3, 0.4) is 0 Å². The highest BCUT2D eigenvalue weighted by Crippen LogP contribution is 2.19. The summed E-state index contributed by atoms with van der Waals surface area (Å²) in [6, 6.07) is 6.71. The van der Waals surface area contributed by atoms with Gasteiger partial charge in [-0.15, -0.1) is 11.3 Å². The van der Waals surface area contributed by atoms with Crippen molar-refractivity contribution in [1.29, 1.82) is 0 Å². The maximum Gasteiger partial charge on any atom is 0.275 e. The van der Waals surface area contributed by atoms with Gasteiger partial charge in [0.1, 0.15) is 10.7 Å². The third kappa shape index (κ3) is 4.11. The second-order valence-corrected chi connectivity index (χ2v) is 5.47. The molecule has 0 aliphatic heterocycles. The first-order valence-electron chi connectivity index (χ1n) is 6.35. The van der Waals surface area contributed by atoms with Crippen LogP contribution in [-0.4, -0.2) is 16.8 Å². The van der Waals surface area contributed by atoms with Crippen molar-refractivity contribution in [1.82, 2.24) is 4.98 Å². The largest absolute Gasteiger partial charge is 0.326 e. The van der Waals surface area contributed by atoms with E-state index >= 15 is 0 Å². The molecule has 0 spiro atoms. The molecule has 1 heterocycles. The number of anilines is 2. The normalized spacial score (nSPS) is 11.8. The molecule has 0 saturated heterocycles. The predicted octanol–water partition coefficient (Wildman–Crippen LogP) is 2.37. The van der Waals surface area contributed by atoms with Gasteiger partial charge in [-0.25, -0.2) is 4.98 Å². The summed E-state index contributed by atoms with van der Waals surface area (Å²) in [6.07, 6.45) is 0. The monoisotopic (exact) mass is 304 g/mol. The van der Waals surface area contributed by atoms with E-state index in [0.29, 0.717) is 22.1 Å². The molecule has 1 unspecified atom stereocenters. The minimum atomic E-state index is -0.307. The first kappa shape index (κ1) is 15.1. The highest BCUT2D eigenvalue weighted by Gasteiger charge is 2.13. The van der Waals surface area contributed by atoms with Crippen LogP contribution in [0.5, 0.6) is 0 Å². The van der Waals surface area contributed by atoms with E-state index in [0.717, 1.165) is 0 Å². The number of rotatable bonds is 4. The number of aromatic nitrogens is 1. The summed E-state index contributed by atoms with van der Waals surface area (Å²) in [7, 11) is 0. The third-order valence-corrected chi connectivity index (χ3v) is 3.63. The van der Waals surface area contributed by atoms with Crippen LogP contribution in [0.2, 0.25) is 0 Å². The number of hydrogen-bond donors (Lipinski definition) is 3. The van der Waals surface area contributed by atoms with Crippen molar-refractivity contribution in [3.8, 4) is 0 Å². The van der Waals surface area contributed by atoms with Gasteiger partial charge in [-0.3, -0.25) is 9.59 Å². The Morgan fingerprint density at radius 2 is 1.95 bits per heavy atom. The van der Waals surface area contributed by atoms with Gasteiger partial charge in [0.15, 0.2) is 0 Å². The van der Waals surface area contributed by atoms with Crippen LogP contribution in [0.15, 0.2) is 29.6 Å². The molecule has 21 heavy (non-hydrogen) atoms. The van der Waals surface area contributed by atoms with Crippen molar-refractivity contribution in [2.24, 2.45) is 5.73 Å². The van der Waals surface area contributed by atoms with E-state index in [1.807, 2.05) is 6.92 Å². The van der Waals surface area contributed by atoms with Crippen molar-refractivity contribution in [3.63, 3.8) is 0 Å². The van der Waals surface area contributed by atoms with Crippen molar-refractivity contribution in [2.45, 2.75) is 19.9 Å². The van der Waals surface area contributed by atoms with E-state index in [-0.39, 0.29) is 17.9 Å². The number of hydrogen-bond acceptors (Lipinski definition) is 5. The summed E-state index contributed by atoms with van der Waals surface area (Å²) in [6.45, 7) is 3.24. The highest BCUT2D eigenvalue weighted by atomic mass is 32.1. The van der Waals surface area contributed by atoms with Crippen LogP contribution in [0.4, 0.5) is 11.4 Å². The van der Waals surface area contributed by atoms with Crippen molar-refractivity contribution in [2.75, 3.05) is 10.6 Å². The van der Waals surface area contributed by atoms with Gasteiger partial charge in [0.2, 0.25) is 5.91 Å². The van der Waals surface area contributed by atoms with Crippen molar-refractivity contribution in [3.05, 3.63) is 40.3 Å². The zero-order valence-corrected chi connectivity index (χ0v) is 12.5. The molecule has 1 aromatic heterocycles. The molecule has 1 aromatic carbocycles. The minimum Gasteiger partial charge on any atom is -0.326 e. The summed E-state index contributed by atoms with van der Waals surface area (Å²) >= 11 is 1.35. The minimum absolute atomic E-state index is 0.167. The number of benzene rings is 1. The fourth-order valence-corrected chi connectivity index (χ4v) is 2.43. The fourth-order valence-electron chi connectivity index (χ4n) is 1.67. The summed E-state index contributed by atoms with van der Waals surface area (Å²) in [5.41, 5.74) is 7.26. The van der Waals surface area contributed by atoms with E-state index in [9.17, 15) is 9.59 Å². The van der Waals surface area contributed by atoms with Gasteiger partial charge in [0, 0.05) is 23.7 Å². The average Bonchev–Trinajstić information content (AvgIpc) is 2.88. The highest BCUT2D eigenvalue weighted by molar-refractivity contribution is 7.09. The number of carbonyl (C=O) groups is 2. The van der Waals surface area contributed by atoms with Gasteiger partial charge >= 0.3 is 0 Å². The molecule has 6 nitrogen and oxygen atoms in total. The first-order valence-corrected chi connectivity index (χ1v) is 7.23. The number of thiazole rings is 1. The summed E-state index contributed by atoms with van der Waals surface area (Å²) in [4.78, 5) is 27.3. The zero-order valence-electron chi connectivity index (χ0n) is 11.7. The second-order valence-electron chi connectivity index (χ2n) is 4.58. The number of carbonyl (C=O) groups excluding carboxylic acids is 2.